The van der Waals surface area contributed by atoms with Crippen LogP contribution in [0.15, 0.2) is 0 Å². The maximum atomic E-state index is 10.9. The highest BCUT2D eigenvalue weighted by atomic mass is 17.1. The van der Waals surface area contributed by atoms with E-state index < -0.39 is 6.09 Å². The molecule has 1 amide bonds. The Bertz CT molecular complexity index is 183. The number of hydrogen-bond acceptors (Lipinski definition) is 3. The number of likely N-dealkylation sites (tertiary alicyclic amines) is 1. The van der Waals surface area contributed by atoms with Crippen molar-refractivity contribution in [1.82, 2.24) is 4.90 Å². The molecule has 2 fully saturated rings. The highest BCUT2D eigenvalue weighted by molar-refractivity contribution is 5.67. The maximum Gasteiger partial charge on any atom is 0.441 e. The third kappa shape index (κ3) is 1.16. The summed E-state index contributed by atoms with van der Waals surface area (Å²) in [5, 5.41) is 8.17. The summed E-state index contributed by atoms with van der Waals surface area (Å²) in [4.78, 5) is 16.2. The highest BCUT2D eigenvalue weighted by Crippen LogP contribution is 2.37. The van der Waals surface area contributed by atoms with E-state index in [1.165, 1.54) is 19.3 Å². The molecule has 0 aromatic carbocycles. The fourth-order valence-electron chi connectivity index (χ4n) is 2.44. The van der Waals surface area contributed by atoms with Gasteiger partial charge in [0.2, 0.25) is 0 Å². The largest absolute Gasteiger partial charge is 0.441 e. The molecule has 1 N–H and O–H groups in total. The van der Waals surface area contributed by atoms with Crippen LogP contribution in [0.5, 0.6) is 0 Å². The molecule has 1 aliphatic heterocycles. The minimum atomic E-state index is -0.593. The number of carbonyl (C=O) groups is 1. The third-order valence-electron chi connectivity index (χ3n) is 3.06. The van der Waals surface area contributed by atoms with Crippen molar-refractivity contribution in [2.75, 3.05) is 13.1 Å². The lowest BCUT2D eigenvalue weighted by Gasteiger charge is -2.12. The summed E-state index contributed by atoms with van der Waals surface area (Å²) in [6.07, 6.45) is 3.14. The van der Waals surface area contributed by atoms with E-state index in [2.05, 4.69) is 4.89 Å². The topological polar surface area (TPSA) is 49.8 Å². The van der Waals surface area contributed by atoms with E-state index in [4.69, 9.17) is 5.26 Å². The summed E-state index contributed by atoms with van der Waals surface area (Å²) >= 11 is 0. The van der Waals surface area contributed by atoms with Crippen molar-refractivity contribution < 1.29 is 14.9 Å². The van der Waals surface area contributed by atoms with Crippen molar-refractivity contribution in [1.29, 1.82) is 0 Å². The summed E-state index contributed by atoms with van der Waals surface area (Å²) in [5.41, 5.74) is 0. The summed E-state index contributed by atoms with van der Waals surface area (Å²) < 4.78 is 0. The normalized spacial score (nSPS) is 33.6. The Morgan fingerprint density at radius 3 is 2.42 bits per heavy atom. The first-order chi connectivity index (χ1) is 5.81. The zero-order chi connectivity index (χ0) is 8.55. The monoisotopic (exact) mass is 171 g/mol. The van der Waals surface area contributed by atoms with E-state index in [1.807, 2.05) is 0 Å². The fourth-order valence-corrected chi connectivity index (χ4v) is 2.44. The molecule has 1 heterocycles. The minimum Gasteiger partial charge on any atom is -0.305 e. The van der Waals surface area contributed by atoms with Crippen LogP contribution in [0.3, 0.4) is 0 Å². The van der Waals surface area contributed by atoms with Gasteiger partial charge in [0.05, 0.1) is 0 Å². The van der Waals surface area contributed by atoms with Crippen LogP contribution in [0.4, 0.5) is 4.79 Å². The summed E-state index contributed by atoms with van der Waals surface area (Å²) in [6, 6.07) is 0. The van der Waals surface area contributed by atoms with Gasteiger partial charge >= 0.3 is 6.09 Å². The van der Waals surface area contributed by atoms with Crippen LogP contribution in [0.2, 0.25) is 0 Å². The predicted octanol–water partition coefficient (Wildman–Crippen LogP) is 1.33. The lowest BCUT2D eigenvalue weighted by atomic mass is 10.0. The van der Waals surface area contributed by atoms with E-state index in [1.54, 1.807) is 4.90 Å². The Morgan fingerprint density at radius 2 is 1.92 bits per heavy atom. The van der Waals surface area contributed by atoms with Gasteiger partial charge in [-0.3, -0.25) is 4.89 Å². The number of nitrogens with zero attached hydrogens (tertiary/aromatic N) is 1. The lowest BCUT2D eigenvalue weighted by Crippen LogP contribution is -2.29. The first kappa shape index (κ1) is 7.86. The van der Waals surface area contributed by atoms with Crippen LogP contribution in [0.1, 0.15) is 19.3 Å². The summed E-state index contributed by atoms with van der Waals surface area (Å²) in [6.45, 7) is 1.54. The molecule has 0 spiro atoms. The second kappa shape index (κ2) is 2.94. The molecule has 0 bridgehead atoms. The van der Waals surface area contributed by atoms with Crippen molar-refractivity contribution in [2.45, 2.75) is 19.3 Å². The van der Waals surface area contributed by atoms with Crippen molar-refractivity contribution in [3.63, 3.8) is 0 Å². The van der Waals surface area contributed by atoms with Crippen molar-refractivity contribution >= 4 is 6.09 Å². The van der Waals surface area contributed by atoms with Gasteiger partial charge in [-0.2, -0.15) is 5.26 Å². The van der Waals surface area contributed by atoms with Crippen molar-refractivity contribution in [2.24, 2.45) is 11.8 Å². The van der Waals surface area contributed by atoms with Gasteiger partial charge in [-0.15, -0.1) is 0 Å². The van der Waals surface area contributed by atoms with E-state index in [9.17, 15) is 4.79 Å². The van der Waals surface area contributed by atoms with Gasteiger partial charge in [-0.05, 0) is 24.7 Å². The molecule has 2 rings (SSSR count). The third-order valence-corrected chi connectivity index (χ3v) is 3.06. The smallest absolute Gasteiger partial charge is 0.305 e. The molecule has 0 radical (unpaired) electrons. The molecule has 1 saturated heterocycles. The number of amides is 1. The van der Waals surface area contributed by atoms with Crippen LogP contribution in [-0.4, -0.2) is 29.3 Å². The van der Waals surface area contributed by atoms with Crippen LogP contribution in [0, 0.1) is 11.8 Å². The first-order valence-electron chi connectivity index (χ1n) is 4.41. The minimum absolute atomic E-state index is 0.593. The molecule has 2 unspecified atom stereocenters. The fraction of sp³-hybridized carbons (Fsp3) is 0.875. The average molecular weight is 171 g/mol. The van der Waals surface area contributed by atoms with Gasteiger partial charge in [0, 0.05) is 13.1 Å². The van der Waals surface area contributed by atoms with Crippen molar-refractivity contribution in [3.05, 3.63) is 0 Å². The van der Waals surface area contributed by atoms with Gasteiger partial charge in [0.25, 0.3) is 0 Å². The lowest BCUT2D eigenvalue weighted by molar-refractivity contribution is -0.187. The molecule has 1 saturated carbocycles. The van der Waals surface area contributed by atoms with E-state index in [0.29, 0.717) is 11.8 Å². The first-order valence-corrected chi connectivity index (χ1v) is 4.41. The SMILES string of the molecule is O=C(OO)N1CC2CCCC2C1. The number of fused-ring (bicyclic) bond motifs is 1. The highest BCUT2D eigenvalue weighted by Gasteiger charge is 2.38. The molecular weight excluding hydrogens is 158 g/mol. The molecule has 2 aliphatic rings. The zero-order valence-electron chi connectivity index (χ0n) is 6.90. The molecule has 0 aromatic rings. The Labute approximate surface area is 71.0 Å². The molecule has 68 valence electrons. The molecular formula is C8H13NO3. The van der Waals surface area contributed by atoms with Crippen LogP contribution >= 0.6 is 0 Å². The second-order valence-corrected chi connectivity index (χ2v) is 3.71. The van der Waals surface area contributed by atoms with Gasteiger partial charge < -0.3 is 4.90 Å². The van der Waals surface area contributed by atoms with Crippen LogP contribution < -0.4 is 0 Å². The van der Waals surface area contributed by atoms with Gasteiger partial charge in [-0.25, -0.2) is 4.79 Å². The Morgan fingerprint density at radius 1 is 1.33 bits per heavy atom. The zero-order valence-corrected chi connectivity index (χ0v) is 6.90. The molecule has 4 nitrogen and oxygen atoms in total. The Balaban J connectivity index is 1.94. The number of hydrogen-bond donors (Lipinski definition) is 1. The Kier molecular flexibility index (Phi) is 1.92. The molecule has 0 aromatic heterocycles. The Hall–Kier alpha value is -0.770. The predicted molar refractivity (Wildman–Crippen MR) is 41.5 cm³/mol. The average Bonchev–Trinajstić information content (AvgIpc) is 2.60. The summed E-state index contributed by atoms with van der Waals surface area (Å²) in [5.74, 6) is 1.31. The maximum absolute atomic E-state index is 10.9. The second-order valence-electron chi connectivity index (χ2n) is 3.71. The van der Waals surface area contributed by atoms with E-state index >= 15 is 0 Å². The van der Waals surface area contributed by atoms with E-state index in [0.717, 1.165) is 13.1 Å². The van der Waals surface area contributed by atoms with E-state index in [-0.39, 0.29) is 0 Å². The standard InChI is InChI=1S/C8H13NO3/c10-8(12-11)9-4-6-2-1-3-7(6)5-9/h6-7,11H,1-5H2. The van der Waals surface area contributed by atoms with Gasteiger partial charge in [0.1, 0.15) is 0 Å². The molecule has 1 aliphatic carbocycles. The van der Waals surface area contributed by atoms with Crippen LogP contribution in [0.25, 0.3) is 0 Å². The molecule has 12 heavy (non-hydrogen) atoms. The number of carbonyl (C=O) groups excluding carboxylic acids is 1. The van der Waals surface area contributed by atoms with Crippen molar-refractivity contribution in [3.8, 4) is 0 Å². The number of rotatable bonds is 0. The quantitative estimate of drug-likeness (QED) is 0.442. The van der Waals surface area contributed by atoms with Crippen LogP contribution in [-0.2, 0) is 4.89 Å². The van der Waals surface area contributed by atoms with Gasteiger partial charge in [0.15, 0.2) is 0 Å². The van der Waals surface area contributed by atoms with Gasteiger partial charge in [-0.1, -0.05) is 6.42 Å². The molecule has 2 atom stereocenters. The summed E-state index contributed by atoms with van der Waals surface area (Å²) in [7, 11) is 0. The molecule has 4 heteroatoms.